The van der Waals surface area contributed by atoms with Gasteiger partial charge in [-0.25, -0.2) is 0 Å². The van der Waals surface area contributed by atoms with E-state index in [9.17, 15) is 5.11 Å². The predicted molar refractivity (Wildman–Crippen MR) is 67.4 cm³/mol. The minimum absolute atomic E-state index is 0.289. The largest absolute Gasteiger partial charge is 0.390 e. The van der Waals surface area contributed by atoms with Crippen LogP contribution in [0.2, 0.25) is 0 Å². The number of ether oxygens (including phenoxy) is 1. The Balaban J connectivity index is 2.04. The minimum atomic E-state index is -0.402. The Hall–Kier alpha value is -0.380. The maximum Gasteiger partial charge on any atom is 0.0939 e. The third kappa shape index (κ3) is 2.31. The van der Waals surface area contributed by atoms with Crippen LogP contribution in [-0.2, 0) is 11.2 Å². The Morgan fingerprint density at radius 1 is 1.50 bits per heavy atom. The van der Waals surface area contributed by atoms with E-state index in [0.717, 1.165) is 29.3 Å². The summed E-state index contributed by atoms with van der Waals surface area (Å²) in [5, 5.41) is 10.2. The number of rotatable bonds is 4. The lowest BCUT2D eigenvalue weighted by Crippen LogP contribution is -2.50. The molecule has 1 unspecified atom stereocenters. The van der Waals surface area contributed by atoms with Crippen molar-refractivity contribution in [2.45, 2.75) is 37.4 Å². The molecule has 3 heteroatoms. The summed E-state index contributed by atoms with van der Waals surface area (Å²) in [5.74, 6) is 0. The van der Waals surface area contributed by atoms with Gasteiger partial charge >= 0.3 is 0 Å². The van der Waals surface area contributed by atoms with Crippen molar-refractivity contribution >= 4 is 15.9 Å². The van der Waals surface area contributed by atoms with Crippen LogP contribution in [0.15, 0.2) is 28.7 Å². The molecule has 0 bridgehead atoms. The van der Waals surface area contributed by atoms with Gasteiger partial charge in [0, 0.05) is 18.0 Å². The summed E-state index contributed by atoms with van der Waals surface area (Å²) in [7, 11) is 1.70. The van der Waals surface area contributed by atoms with Gasteiger partial charge in [0.15, 0.2) is 0 Å². The number of hydrogen-bond acceptors (Lipinski definition) is 2. The highest BCUT2D eigenvalue weighted by molar-refractivity contribution is 9.10. The van der Waals surface area contributed by atoms with Crippen molar-refractivity contribution in [2.75, 3.05) is 7.11 Å². The van der Waals surface area contributed by atoms with E-state index in [4.69, 9.17) is 4.74 Å². The summed E-state index contributed by atoms with van der Waals surface area (Å²) in [6, 6.07) is 8.07. The third-order valence-corrected chi connectivity index (χ3v) is 4.03. The fourth-order valence-corrected chi connectivity index (χ4v) is 2.72. The lowest BCUT2D eigenvalue weighted by molar-refractivity contribution is -0.148. The van der Waals surface area contributed by atoms with Crippen LogP contribution in [0.4, 0.5) is 0 Å². The number of benzene rings is 1. The molecular weight excluding hydrogens is 268 g/mol. The average Bonchev–Trinajstić information content (AvgIpc) is 2.16. The van der Waals surface area contributed by atoms with Gasteiger partial charge in [-0.2, -0.15) is 0 Å². The number of methoxy groups -OCH3 is 1. The molecule has 1 aromatic rings. The molecule has 2 rings (SSSR count). The molecule has 88 valence electrons. The zero-order chi connectivity index (χ0) is 11.6. The van der Waals surface area contributed by atoms with Crippen LogP contribution in [0.1, 0.15) is 24.8 Å². The van der Waals surface area contributed by atoms with Crippen molar-refractivity contribution in [3.05, 3.63) is 34.3 Å². The molecule has 2 nitrogen and oxygen atoms in total. The molecule has 16 heavy (non-hydrogen) atoms. The lowest BCUT2D eigenvalue weighted by Gasteiger charge is -2.44. The highest BCUT2D eigenvalue weighted by Gasteiger charge is 2.43. The van der Waals surface area contributed by atoms with Gasteiger partial charge in [0.25, 0.3) is 0 Å². The Kier molecular flexibility index (Phi) is 3.67. The van der Waals surface area contributed by atoms with Crippen molar-refractivity contribution in [1.82, 2.24) is 0 Å². The van der Waals surface area contributed by atoms with E-state index in [0.29, 0.717) is 6.42 Å². The molecule has 1 aromatic carbocycles. The Bertz CT molecular complexity index is 355. The first-order chi connectivity index (χ1) is 7.66. The van der Waals surface area contributed by atoms with Crippen LogP contribution in [0.25, 0.3) is 0 Å². The second-order valence-electron chi connectivity index (χ2n) is 4.47. The molecule has 1 aliphatic carbocycles. The topological polar surface area (TPSA) is 29.5 Å². The van der Waals surface area contributed by atoms with Gasteiger partial charge in [0.1, 0.15) is 0 Å². The molecule has 0 aromatic heterocycles. The number of aliphatic hydroxyl groups is 1. The van der Waals surface area contributed by atoms with Gasteiger partial charge in [-0.3, -0.25) is 0 Å². The van der Waals surface area contributed by atoms with Gasteiger partial charge in [0.2, 0.25) is 0 Å². The number of hydrogen-bond donors (Lipinski definition) is 1. The zero-order valence-electron chi connectivity index (χ0n) is 9.45. The molecule has 0 aliphatic heterocycles. The van der Waals surface area contributed by atoms with Crippen molar-refractivity contribution in [1.29, 1.82) is 0 Å². The summed E-state index contributed by atoms with van der Waals surface area (Å²) in [6.07, 6.45) is 3.36. The first-order valence-electron chi connectivity index (χ1n) is 5.64. The molecule has 1 fully saturated rings. The van der Waals surface area contributed by atoms with Crippen LogP contribution in [-0.4, -0.2) is 23.9 Å². The van der Waals surface area contributed by atoms with Crippen LogP contribution in [0.5, 0.6) is 0 Å². The SMILES string of the molecule is COC1(C(O)Cc2cccc(Br)c2)CCC1. The standard InChI is InChI=1S/C13H17BrO2/c1-16-13(6-3-7-13)12(15)9-10-4-2-5-11(14)8-10/h2,4-5,8,12,15H,3,6-7,9H2,1H3. The van der Waals surface area contributed by atoms with E-state index in [2.05, 4.69) is 15.9 Å². The highest BCUT2D eigenvalue weighted by atomic mass is 79.9. The second kappa shape index (κ2) is 4.86. The van der Waals surface area contributed by atoms with E-state index in [1.165, 1.54) is 0 Å². The molecule has 0 spiro atoms. The first kappa shape index (κ1) is 12.1. The summed E-state index contributed by atoms with van der Waals surface area (Å²) in [4.78, 5) is 0. The quantitative estimate of drug-likeness (QED) is 0.921. The molecule has 1 N–H and O–H groups in total. The van der Waals surface area contributed by atoms with Crippen LogP contribution < -0.4 is 0 Å². The molecule has 1 saturated carbocycles. The van der Waals surface area contributed by atoms with E-state index in [1.807, 2.05) is 24.3 Å². The number of aliphatic hydroxyl groups excluding tert-OH is 1. The van der Waals surface area contributed by atoms with Crippen LogP contribution in [0, 0.1) is 0 Å². The Morgan fingerprint density at radius 3 is 2.75 bits per heavy atom. The normalized spacial score (nSPS) is 20.2. The summed E-state index contributed by atoms with van der Waals surface area (Å²) in [5.41, 5.74) is 0.854. The van der Waals surface area contributed by atoms with Gasteiger partial charge in [0.05, 0.1) is 11.7 Å². The third-order valence-electron chi connectivity index (χ3n) is 3.53. The maximum atomic E-state index is 10.2. The van der Waals surface area contributed by atoms with Crippen molar-refractivity contribution < 1.29 is 9.84 Å². The average molecular weight is 285 g/mol. The van der Waals surface area contributed by atoms with E-state index in [1.54, 1.807) is 7.11 Å². The van der Waals surface area contributed by atoms with Crippen molar-refractivity contribution in [2.24, 2.45) is 0 Å². The fraction of sp³-hybridized carbons (Fsp3) is 0.538. The lowest BCUT2D eigenvalue weighted by atomic mass is 9.74. The highest BCUT2D eigenvalue weighted by Crippen LogP contribution is 2.39. The van der Waals surface area contributed by atoms with Crippen LogP contribution in [0.3, 0.4) is 0 Å². The van der Waals surface area contributed by atoms with Gasteiger partial charge < -0.3 is 9.84 Å². The van der Waals surface area contributed by atoms with Gasteiger partial charge in [-0.15, -0.1) is 0 Å². The van der Waals surface area contributed by atoms with E-state index >= 15 is 0 Å². The van der Waals surface area contributed by atoms with Crippen molar-refractivity contribution in [3.8, 4) is 0 Å². The van der Waals surface area contributed by atoms with Gasteiger partial charge in [-0.05, 0) is 37.0 Å². The number of halogens is 1. The molecule has 1 atom stereocenters. The monoisotopic (exact) mass is 284 g/mol. The van der Waals surface area contributed by atoms with Gasteiger partial charge in [-0.1, -0.05) is 28.1 Å². The smallest absolute Gasteiger partial charge is 0.0939 e. The van der Waals surface area contributed by atoms with Crippen LogP contribution >= 0.6 is 15.9 Å². The first-order valence-corrected chi connectivity index (χ1v) is 6.43. The fourth-order valence-electron chi connectivity index (χ4n) is 2.27. The summed E-state index contributed by atoms with van der Waals surface area (Å²) >= 11 is 3.44. The minimum Gasteiger partial charge on any atom is -0.390 e. The molecule has 0 amide bonds. The molecular formula is C13H17BrO2. The zero-order valence-corrected chi connectivity index (χ0v) is 11.0. The van der Waals surface area contributed by atoms with E-state index < -0.39 is 6.10 Å². The Morgan fingerprint density at radius 2 is 2.25 bits per heavy atom. The summed E-state index contributed by atoms with van der Waals surface area (Å²) < 4.78 is 6.53. The molecule has 0 saturated heterocycles. The summed E-state index contributed by atoms with van der Waals surface area (Å²) in [6.45, 7) is 0. The maximum absolute atomic E-state index is 10.2. The Labute approximate surface area is 105 Å². The van der Waals surface area contributed by atoms with Crippen molar-refractivity contribution in [3.63, 3.8) is 0 Å². The molecule has 0 heterocycles. The molecule has 1 aliphatic rings. The predicted octanol–water partition coefficient (Wildman–Crippen LogP) is 2.92. The van der Waals surface area contributed by atoms with E-state index in [-0.39, 0.29) is 5.60 Å². The second-order valence-corrected chi connectivity index (χ2v) is 5.39. The molecule has 0 radical (unpaired) electrons.